The molecule has 0 fully saturated rings. The van der Waals surface area contributed by atoms with Gasteiger partial charge in [0.05, 0.1) is 6.61 Å². The lowest BCUT2D eigenvalue weighted by atomic mass is 10.0. The van der Waals surface area contributed by atoms with E-state index in [0.29, 0.717) is 11.1 Å². The molecule has 180 valence electrons. The van der Waals surface area contributed by atoms with Gasteiger partial charge in [0.15, 0.2) is 0 Å². The van der Waals surface area contributed by atoms with Gasteiger partial charge in [-0.2, -0.15) is 0 Å². The van der Waals surface area contributed by atoms with Crippen molar-refractivity contribution in [2.45, 2.75) is 19.5 Å². The molecule has 1 atom stereocenters. The molecule has 8 nitrogen and oxygen atoms in total. The number of amidine groups is 1. The fourth-order valence-corrected chi connectivity index (χ4v) is 3.54. The van der Waals surface area contributed by atoms with E-state index >= 15 is 0 Å². The summed E-state index contributed by atoms with van der Waals surface area (Å²) in [5.41, 5.74) is 7.60. The molecule has 0 aliphatic heterocycles. The van der Waals surface area contributed by atoms with Crippen LogP contribution >= 0.6 is 0 Å². The Labute approximate surface area is 204 Å². The van der Waals surface area contributed by atoms with E-state index in [2.05, 4.69) is 5.32 Å². The Kier molecular flexibility index (Phi) is 8.72. The van der Waals surface area contributed by atoms with Gasteiger partial charge in [0.25, 0.3) is 11.8 Å². The lowest BCUT2D eigenvalue weighted by Gasteiger charge is -2.28. The number of hydrogen-bond donors (Lipinski definition) is 3. The first kappa shape index (κ1) is 25.2. The Morgan fingerprint density at radius 2 is 1.57 bits per heavy atom. The van der Waals surface area contributed by atoms with Crippen LogP contribution in [0.3, 0.4) is 0 Å². The summed E-state index contributed by atoms with van der Waals surface area (Å²) in [6, 6.07) is 23.4. The van der Waals surface area contributed by atoms with Gasteiger partial charge in [-0.05, 0) is 30.2 Å². The van der Waals surface area contributed by atoms with Crippen molar-refractivity contribution >= 4 is 23.6 Å². The van der Waals surface area contributed by atoms with E-state index in [0.717, 1.165) is 5.56 Å². The molecule has 4 N–H and O–H groups in total. The second kappa shape index (κ2) is 12.1. The van der Waals surface area contributed by atoms with Crippen LogP contribution in [0.25, 0.3) is 0 Å². The summed E-state index contributed by atoms with van der Waals surface area (Å²) in [6.45, 7) is 1.79. The van der Waals surface area contributed by atoms with Gasteiger partial charge in [-0.1, -0.05) is 72.8 Å². The topological polar surface area (TPSA) is 126 Å². The summed E-state index contributed by atoms with van der Waals surface area (Å²) in [5, 5.41) is 10.4. The Balaban J connectivity index is 1.93. The lowest BCUT2D eigenvalue weighted by Crippen LogP contribution is -2.45. The number of nitrogens with one attached hydrogen (secondary N) is 2. The maximum absolute atomic E-state index is 13.8. The fourth-order valence-electron chi connectivity index (χ4n) is 3.54. The number of carbonyl (C=O) groups is 3. The zero-order chi connectivity index (χ0) is 25.2. The van der Waals surface area contributed by atoms with Gasteiger partial charge < -0.3 is 20.7 Å². The first-order chi connectivity index (χ1) is 16.9. The van der Waals surface area contributed by atoms with E-state index in [1.54, 1.807) is 49.4 Å². The second-order valence-corrected chi connectivity index (χ2v) is 7.80. The minimum Gasteiger partial charge on any atom is -0.465 e. The molecule has 0 saturated carbocycles. The van der Waals surface area contributed by atoms with Gasteiger partial charge >= 0.3 is 5.97 Å². The van der Waals surface area contributed by atoms with E-state index in [1.807, 2.05) is 36.4 Å². The third-order valence-electron chi connectivity index (χ3n) is 5.24. The van der Waals surface area contributed by atoms with Crippen LogP contribution in [0.15, 0.2) is 84.9 Å². The van der Waals surface area contributed by atoms with E-state index in [9.17, 15) is 14.4 Å². The van der Waals surface area contributed by atoms with Crippen LogP contribution in [0.2, 0.25) is 0 Å². The third kappa shape index (κ3) is 7.01. The first-order valence-electron chi connectivity index (χ1n) is 11.2. The maximum Gasteiger partial charge on any atom is 0.325 e. The Morgan fingerprint density at radius 1 is 0.943 bits per heavy atom. The molecule has 0 bridgehead atoms. The molecule has 3 rings (SSSR count). The Morgan fingerprint density at radius 3 is 2.20 bits per heavy atom. The van der Waals surface area contributed by atoms with Crippen LogP contribution in [0.1, 0.15) is 40.0 Å². The summed E-state index contributed by atoms with van der Waals surface area (Å²) in [5.74, 6) is -1.67. The molecule has 2 amide bonds. The molecule has 0 aliphatic rings. The van der Waals surface area contributed by atoms with Crippen LogP contribution in [-0.4, -0.2) is 41.7 Å². The normalized spacial score (nSPS) is 11.2. The van der Waals surface area contributed by atoms with E-state index in [1.165, 1.54) is 11.0 Å². The van der Waals surface area contributed by atoms with Gasteiger partial charge in [-0.15, -0.1) is 0 Å². The SMILES string of the molecule is CCOC(=O)CN(Cc1ccccc1)C(=O)[C@H](NC(=O)c1cccc(C(=N)N)c1)c1ccccc1. The number of ether oxygens (including phenoxy) is 1. The molecule has 35 heavy (non-hydrogen) atoms. The van der Waals surface area contributed by atoms with Crippen molar-refractivity contribution in [3.05, 3.63) is 107 Å². The molecule has 8 heteroatoms. The Hall–Kier alpha value is -4.46. The van der Waals surface area contributed by atoms with Crippen LogP contribution in [-0.2, 0) is 20.9 Å². The molecule has 0 heterocycles. The highest BCUT2D eigenvalue weighted by Crippen LogP contribution is 2.19. The molecular formula is C27H28N4O4. The van der Waals surface area contributed by atoms with Crippen LogP contribution in [0.4, 0.5) is 0 Å². The monoisotopic (exact) mass is 472 g/mol. The molecule has 0 unspecified atom stereocenters. The van der Waals surface area contributed by atoms with E-state index in [-0.39, 0.29) is 31.1 Å². The number of nitrogens with zero attached hydrogens (tertiary/aromatic N) is 1. The smallest absolute Gasteiger partial charge is 0.325 e. The molecule has 0 aliphatic carbocycles. The summed E-state index contributed by atoms with van der Waals surface area (Å²) in [7, 11) is 0. The number of carbonyl (C=O) groups excluding carboxylic acids is 3. The largest absolute Gasteiger partial charge is 0.465 e. The summed E-state index contributed by atoms with van der Waals surface area (Å²) in [4.78, 5) is 40.6. The number of rotatable bonds is 10. The molecule has 0 radical (unpaired) electrons. The predicted octanol–water partition coefficient (Wildman–Crippen LogP) is 3.03. The molecule has 0 aromatic heterocycles. The van der Waals surface area contributed by atoms with Gasteiger partial charge in [0.2, 0.25) is 0 Å². The van der Waals surface area contributed by atoms with Gasteiger partial charge in [0.1, 0.15) is 18.4 Å². The van der Waals surface area contributed by atoms with Crippen molar-refractivity contribution < 1.29 is 19.1 Å². The molecule has 3 aromatic carbocycles. The third-order valence-corrected chi connectivity index (χ3v) is 5.24. The van der Waals surface area contributed by atoms with Gasteiger partial charge in [-0.3, -0.25) is 19.8 Å². The van der Waals surface area contributed by atoms with Crippen molar-refractivity contribution in [2.24, 2.45) is 5.73 Å². The number of benzene rings is 3. The zero-order valence-corrected chi connectivity index (χ0v) is 19.4. The van der Waals surface area contributed by atoms with Gasteiger partial charge in [0, 0.05) is 17.7 Å². The second-order valence-electron chi connectivity index (χ2n) is 7.80. The van der Waals surface area contributed by atoms with Crippen LogP contribution < -0.4 is 11.1 Å². The lowest BCUT2D eigenvalue weighted by molar-refractivity contribution is -0.150. The molecule has 0 saturated heterocycles. The van der Waals surface area contributed by atoms with Crippen molar-refractivity contribution in [1.82, 2.24) is 10.2 Å². The van der Waals surface area contributed by atoms with Gasteiger partial charge in [-0.25, -0.2) is 0 Å². The summed E-state index contributed by atoms with van der Waals surface area (Å²) >= 11 is 0. The van der Waals surface area contributed by atoms with Crippen molar-refractivity contribution in [3.63, 3.8) is 0 Å². The molecule has 0 spiro atoms. The molecular weight excluding hydrogens is 444 g/mol. The highest BCUT2D eigenvalue weighted by molar-refractivity contribution is 6.01. The zero-order valence-electron chi connectivity index (χ0n) is 19.4. The highest BCUT2D eigenvalue weighted by Gasteiger charge is 2.29. The first-order valence-corrected chi connectivity index (χ1v) is 11.2. The minimum atomic E-state index is -1.05. The number of nitrogens with two attached hydrogens (primary N) is 1. The standard InChI is InChI=1S/C27H28N4O4/c1-2-35-23(32)18-31(17-19-10-5-3-6-11-19)27(34)24(20-12-7-4-8-13-20)30-26(33)22-15-9-14-21(16-22)25(28)29/h3-16,24H,2,17-18H2,1H3,(H3,28,29)(H,30,33)/t24-/m1/s1. The van der Waals surface area contributed by atoms with Crippen molar-refractivity contribution in [2.75, 3.05) is 13.2 Å². The fraction of sp³-hybridized carbons (Fsp3) is 0.185. The maximum atomic E-state index is 13.8. The summed E-state index contributed by atoms with van der Waals surface area (Å²) in [6.07, 6.45) is 0. The molecule has 3 aromatic rings. The number of hydrogen-bond acceptors (Lipinski definition) is 5. The van der Waals surface area contributed by atoms with Crippen molar-refractivity contribution in [3.8, 4) is 0 Å². The van der Waals surface area contributed by atoms with E-state index in [4.69, 9.17) is 15.9 Å². The van der Waals surface area contributed by atoms with Crippen LogP contribution in [0.5, 0.6) is 0 Å². The summed E-state index contributed by atoms with van der Waals surface area (Å²) < 4.78 is 5.08. The average molecular weight is 473 g/mol. The quantitative estimate of drug-likeness (QED) is 0.238. The van der Waals surface area contributed by atoms with Crippen LogP contribution in [0, 0.1) is 5.41 Å². The minimum absolute atomic E-state index is 0.164. The Bertz CT molecular complexity index is 1180. The van der Waals surface area contributed by atoms with Crippen molar-refractivity contribution in [1.29, 1.82) is 5.41 Å². The number of esters is 1. The predicted molar refractivity (Wildman–Crippen MR) is 133 cm³/mol. The number of nitrogen functional groups attached to an aromatic ring is 1. The number of amides is 2. The average Bonchev–Trinajstić information content (AvgIpc) is 2.87. The van der Waals surface area contributed by atoms with E-state index < -0.39 is 23.8 Å². The highest BCUT2D eigenvalue weighted by atomic mass is 16.5.